The Morgan fingerprint density at radius 3 is 3.13 bits per heavy atom. The van der Waals surface area contributed by atoms with E-state index < -0.39 is 0 Å². The third-order valence-corrected chi connectivity index (χ3v) is 2.52. The van der Waals surface area contributed by atoms with Crippen molar-refractivity contribution in [3.8, 4) is 0 Å². The zero-order chi connectivity index (χ0) is 10.7. The molecule has 2 rings (SSSR count). The summed E-state index contributed by atoms with van der Waals surface area (Å²) >= 11 is 1.15. The Labute approximate surface area is 90.2 Å². The summed E-state index contributed by atoms with van der Waals surface area (Å²) in [6.07, 6.45) is 1.70. The highest BCUT2D eigenvalue weighted by Crippen LogP contribution is 2.02. The molecule has 2 aromatic rings. The summed E-state index contributed by atoms with van der Waals surface area (Å²) in [5.41, 5.74) is 1.75. The molecular formula is C9H10N4OS. The molecule has 0 aliphatic rings. The smallest absolute Gasteiger partial charge is 0.304 e. The van der Waals surface area contributed by atoms with E-state index in [4.69, 9.17) is 0 Å². The zero-order valence-corrected chi connectivity index (χ0v) is 8.97. The highest BCUT2D eigenvalue weighted by Gasteiger charge is 1.98. The second kappa shape index (κ2) is 4.22. The first kappa shape index (κ1) is 9.85. The van der Waals surface area contributed by atoms with Gasteiger partial charge >= 0.3 is 4.87 Å². The average Bonchev–Trinajstić information content (AvgIpc) is 2.62. The number of anilines is 1. The number of aryl methyl sites for hydroxylation is 1. The first-order valence-corrected chi connectivity index (χ1v) is 5.32. The fraction of sp³-hybridized carbons (Fsp3) is 0.222. The number of hydrogen-bond acceptors (Lipinski definition) is 5. The highest BCUT2D eigenvalue weighted by atomic mass is 32.1. The number of nitrogens with one attached hydrogen (secondary N) is 2. The van der Waals surface area contributed by atoms with Crippen molar-refractivity contribution in [2.75, 3.05) is 5.32 Å². The molecule has 0 amide bonds. The quantitative estimate of drug-likeness (QED) is 0.817. The molecule has 5 nitrogen and oxygen atoms in total. The van der Waals surface area contributed by atoms with Crippen LogP contribution in [-0.4, -0.2) is 15.0 Å². The number of aromatic nitrogens is 3. The van der Waals surface area contributed by atoms with Gasteiger partial charge < -0.3 is 10.3 Å². The summed E-state index contributed by atoms with van der Waals surface area (Å²) < 4.78 is 0. The molecule has 0 saturated heterocycles. The summed E-state index contributed by atoms with van der Waals surface area (Å²) in [7, 11) is 0. The lowest BCUT2D eigenvalue weighted by Crippen LogP contribution is -2.05. The topological polar surface area (TPSA) is 70.7 Å². The van der Waals surface area contributed by atoms with Crippen LogP contribution in [0.4, 0.5) is 5.95 Å². The van der Waals surface area contributed by atoms with Gasteiger partial charge in [0, 0.05) is 23.0 Å². The molecule has 2 heterocycles. The molecule has 78 valence electrons. The van der Waals surface area contributed by atoms with Gasteiger partial charge in [0.1, 0.15) is 0 Å². The molecule has 0 saturated carbocycles. The number of nitrogens with zero attached hydrogens (tertiary/aromatic N) is 2. The molecule has 0 fully saturated rings. The van der Waals surface area contributed by atoms with Gasteiger partial charge in [-0.1, -0.05) is 11.3 Å². The first-order valence-electron chi connectivity index (χ1n) is 4.44. The van der Waals surface area contributed by atoms with Crippen molar-refractivity contribution >= 4 is 17.3 Å². The van der Waals surface area contributed by atoms with E-state index in [1.54, 1.807) is 11.6 Å². The summed E-state index contributed by atoms with van der Waals surface area (Å²) in [6, 6.07) is 1.83. The van der Waals surface area contributed by atoms with Crippen molar-refractivity contribution in [1.82, 2.24) is 15.0 Å². The third-order valence-electron chi connectivity index (χ3n) is 1.80. The SMILES string of the molecule is Cc1ccnc(NCc2csc(=O)[nH]2)n1. The molecule has 0 aliphatic carbocycles. The fourth-order valence-electron chi connectivity index (χ4n) is 1.11. The van der Waals surface area contributed by atoms with Crippen LogP contribution in [0.3, 0.4) is 0 Å². The van der Waals surface area contributed by atoms with E-state index in [1.807, 2.05) is 13.0 Å². The minimum Gasteiger partial charge on any atom is -0.349 e. The van der Waals surface area contributed by atoms with E-state index in [0.29, 0.717) is 12.5 Å². The van der Waals surface area contributed by atoms with Crippen LogP contribution in [0.25, 0.3) is 0 Å². The van der Waals surface area contributed by atoms with Crippen LogP contribution in [0, 0.1) is 6.92 Å². The zero-order valence-electron chi connectivity index (χ0n) is 8.15. The highest BCUT2D eigenvalue weighted by molar-refractivity contribution is 7.07. The number of thiazole rings is 1. The van der Waals surface area contributed by atoms with E-state index in [-0.39, 0.29) is 4.87 Å². The van der Waals surface area contributed by atoms with Crippen molar-refractivity contribution in [1.29, 1.82) is 0 Å². The van der Waals surface area contributed by atoms with Gasteiger partial charge in [0.05, 0.1) is 6.54 Å². The monoisotopic (exact) mass is 222 g/mol. The van der Waals surface area contributed by atoms with Gasteiger partial charge in [0.25, 0.3) is 0 Å². The van der Waals surface area contributed by atoms with Gasteiger partial charge in [-0.2, -0.15) is 0 Å². The summed E-state index contributed by atoms with van der Waals surface area (Å²) in [4.78, 5) is 21.8. The lowest BCUT2D eigenvalue weighted by molar-refractivity contribution is 0.996. The van der Waals surface area contributed by atoms with Crippen LogP contribution in [0.15, 0.2) is 22.4 Å². The van der Waals surface area contributed by atoms with Crippen LogP contribution in [0.5, 0.6) is 0 Å². The molecule has 2 N–H and O–H groups in total. The van der Waals surface area contributed by atoms with Crippen LogP contribution in [-0.2, 0) is 6.54 Å². The van der Waals surface area contributed by atoms with Gasteiger partial charge in [0.2, 0.25) is 5.95 Å². The molecule has 0 atom stereocenters. The molecule has 0 aromatic carbocycles. The van der Waals surface area contributed by atoms with E-state index >= 15 is 0 Å². The Balaban J connectivity index is 2.02. The molecule has 6 heteroatoms. The second-order valence-corrected chi connectivity index (χ2v) is 3.89. The predicted molar refractivity (Wildman–Crippen MR) is 59.0 cm³/mol. The number of aromatic amines is 1. The number of hydrogen-bond donors (Lipinski definition) is 2. The molecular weight excluding hydrogens is 212 g/mol. The first-order chi connectivity index (χ1) is 7.24. The fourth-order valence-corrected chi connectivity index (χ4v) is 1.69. The van der Waals surface area contributed by atoms with Gasteiger partial charge in [0.15, 0.2) is 0 Å². The van der Waals surface area contributed by atoms with E-state index in [2.05, 4.69) is 20.3 Å². The van der Waals surface area contributed by atoms with Crippen molar-refractivity contribution in [2.45, 2.75) is 13.5 Å². The van der Waals surface area contributed by atoms with Crippen LogP contribution in [0.2, 0.25) is 0 Å². The van der Waals surface area contributed by atoms with Gasteiger partial charge in [-0.15, -0.1) is 0 Å². The predicted octanol–water partition coefficient (Wildman–Crippen LogP) is 1.15. The summed E-state index contributed by atoms with van der Waals surface area (Å²) in [5, 5.41) is 4.81. The molecule has 0 radical (unpaired) electrons. The normalized spacial score (nSPS) is 10.2. The van der Waals surface area contributed by atoms with Crippen molar-refractivity contribution in [2.24, 2.45) is 0 Å². The summed E-state index contributed by atoms with van der Waals surface area (Å²) in [5.74, 6) is 0.571. The molecule has 0 unspecified atom stereocenters. The lowest BCUT2D eigenvalue weighted by atomic mass is 10.4. The summed E-state index contributed by atoms with van der Waals surface area (Å²) in [6.45, 7) is 2.43. The van der Waals surface area contributed by atoms with Crippen molar-refractivity contribution < 1.29 is 0 Å². The largest absolute Gasteiger partial charge is 0.349 e. The molecule has 0 bridgehead atoms. The standard InChI is InChI=1S/C9H10N4OS/c1-6-2-3-10-8(12-6)11-4-7-5-15-9(14)13-7/h2-3,5H,4H2,1H3,(H,13,14)(H,10,11,12). The minimum atomic E-state index is -0.0445. The van der Waals surface area contributed by atoms with Crippen molar-refractivity contribution in [3.63, 3.8) is 0 Å². The van der Waals surface area contributed by atoms with Gasteiger partial charge in [-0.3, -0.25) is 4.79 Å². The maximum absolute atomic E-state index is 10.9. The molecule has 15 heavy (non-hydrogen) atoms. The van der Waals surface area contributed by atoms with E-state index in [1.165, 1.54) is 0 Å². The lowest BCUT2D eigenvalue weighted by Gasteiger charge is -2.02. The van der Waals surface area contributed by atoms with Crippen LogP contribution in [0.1, 0.15) is 11.4 Å². The average molecular weight is 222 g/mol. The van der Waals surface area contributed by atoms with Gasteiger partial charge in [-0.05, 0) is 13.0 Å². The third kappa shape index (κ3) is 2.63. The minimum absolute atomic E-state index is 0.0445. The molecule has 0 aliphatic heterocycles. The maximum Gasteiger partial charge on any atom is 0.304 e. The number of H-pyrrole nitrogens is 1. The molecule has 2 aromatic heterocycles. The Morgan fingerprint density at radius 2 is 2.47 bits per heavy atom. The maximum atomic E-state index is 10.9. The Kier molecular flexibility index (Phi) is 2.77. The van der Waals surface area contributed by atoms with E-state index in [0.717, 1.165) is 22.7 Å². The molecule has 0 spiro atoms. The Bertz CT molecular complexity index is 505. The van der Waals surface area contributed by atoms with Crippen LogP contribution < -0.4 is 10.2 Å². The number of rotatable bonds is 3. The Hall–Kier alpha value is -1.69. The Morgan fingerprint density at radius 1 is 1.60 bits per heavy atom. The van der Waals surface area contributed by atoms with Crippen LogP contribution >= 0.6 is 11.3 Å². The second-order valence-electron chi connectivity index (χ2n) is 3.05. The van der Waals surface area contributed by atoms with Crippen molar-refractivity contribution in [3.05, 3.63) is 38.7 Å². The van der Waals surface area contributed by atoms with E-state index in [9.17, 15) is 4.79 Å². The van der Waals surface area contributed by atoms with Gasteiger partial charge in [-0.25, -0.2) is 9.97 Å².